The first-order chi connectivity index (χ1) is 17.2. The van der Waals surface area contributed by atoms with Crippen molar-refractivity contribution >= 4 is 23.9 Å². The fourth-order valence-corrected chi connectivity index (χ4v) is 2.32. The van der Waals surface area contributed by atoms with Gasteiger partial charge in [-0.1, -0.05) is 72.8 Å². The Hall–Kier alpha value is -4.53. The maximum atomic E-state index is 10.2. The molecule has 0 bridgehead atoms. The van der Waals surface area contributed by atoms with Crippen LogP contribution >= 0.6 is 0 Å². The van der Waals surface area contributed by atoms with Gasteiger partial charge in [0.2, 0.25) is 0 Å². The molecule has 9 heteroatoms. The van der Waals surface area contributed by atoms with Gasteiger partial charge in [-0.15, -0.1) is 0 Å². The molecule has 0 aliphatic heterocycles. The molecule has 37 heavy (non-hydrogen) atoms. The Kier molecular flexibility index (Phi) is 16.5. The molecule has 0 unspecified atom stereocenters. The van der Waals surface area contributed by atoms with Crippen LogP contribution in [0.25, 0.3) is 0 Å². The van der Waals surface area contributed by atoms with E-state index >= 15 is 0 Å². The summed E-state index contributed by atoms with van der Waals surface area (Å²) in [4.78, 5) is 40.8. The second kappa shape index (κ2) is 18.8. The quantitative estimate of drug-likeness (QED) is 0.249. The van der Waals surface area contributed by atoms with E-state index in [4.69, 9.17) is 20.4 Å². The third-order valence-electron chi connectivity index (χ3n) is 4.08. The molecule has 0 fully saturated rings. The Balaban J connectivity index is 0.000000463. The van der Waals surface area contributed by atoms with Gasteiger partial charge in [0, 0.05) is 21.7 Å². The summed E-state index contributed by atoms with van der Waals surface area (Å²) in [6.45, 7) is 0. The minimum Gasteiger partial charge on any atom is -0.478 e. The molecule has 0 saturated heterocycles. The molecular formula is C28H24O8Ti. The van der Waals surface area contributed by atoms with Gasteiger partial charge < -0.3 is 20.4 Å². The fourth-order valence-electron chi connectivity index (χ4n) is 2.32. The van der Waals surface area contributed by atoms with Crippen molar-refractivity contribution in [2.24, 2.45) is 0 Å². The van der Waals surface area contributed by atoms with E-state index in [-0.39, 0.29) is 21.7 Å². The molecule has 4 aromatic carbocycles. The molecule has 0 amide bonds. The summed E-state index contributed by atoms with van der Waals surface area (Å²) in [5.74, 6) is -3.52. The van der Waals surface area contributed by atoms with Crippen LogP contribution in [-0.2, 0) is 21.7 Å². The molecule has 4 aromatic rings. The standard InChI is InChI=1S/4C7H6O2.Ti/c4*8-7(9)6-4-2-1-3-5-6;/h4*1-5H,(H,8,9);. The monoisotopic (exact) mass is 536 g/mol. The van der Waals surface area contributed by atoms with Crippen LogP contribution in [0.3, 0.4) is 0 Å². The molecule has 0 aromatic heterocycles. The predicted molar refractivity (Wildman–Crippen MR) is 134 cm³/mol. The van der Waals surface area contributed by atoms with Crippen molar-refractivity contribution in [1.29, 1.82) is 0 Å². The summed E-state index contributed by atoms with van der Waals surface area (Å²) < 4.78 is 0. The summed E-state index contributed by atoms with van der Waals surface area (Å²) in [7, 11) is 0. The van der Waals surface area contributed by atoms with Crippen LogP contribution in [0.4, 0.5) is 0 Å². The van der Waals surface area contributed by atoms with Crippen molar-refractivity contribution < 1.29 is 61.3 Å². The molecule has 0 spiro atoms. The van der Waals surface area contributed by atoms with E-state index in [2.05, 4.69) is 0 Å². The number of benzene rings is 4. The third kappa shape index (κ3) is 14.5. The maximum Gasteiger partial charge on any atom is 0.335 e. The molecule has 8 nitrogen and oxygen atoms in total. The maximum absolute atomic E-state index is 10.2. The summed E-state index contributed by atoms with van der Waals surface area (Å²) in [5, 5.41) is 33.5. The normalized spacial score (nSPS) is 8.65. The molecule has 0 aliphatic carbocycles. The largest absolute Gasteiger partial charge is 0.478 e. The van der Waals surface area contributed by atoms with Crippen molar-refractivity contribution in [2.75, 3.05) is 0 Å². The second-order valence-corrected chi connectivity index (χ2v) is 6.68. The Morgan fingerprint density at radius 2 is 0.459 bits per heavy atom. The number of carbonyl (C=O) groups is 4. The van der Waals surface area contributed by atoms with E-state index < -0.39 is 23.9 Å². The number of rotatable bonds is 4. The average molecular weight is 536 g/mol. The van der Waals surface area contributed by atoms with Gasteiger partial charge in [-0.25, -0.2) is 19.2 Å². The molecule has 0 atom stereocenters. The predicted octanol–water partition coefficient (Wildman–Crippen LogP) is 5.54. The average Bonchev–Trinajstić information content (AvgIpc) is 2.92. The van der Waals surface area contributed by atoms with Crippen LogP contribution in [0.2, 0.25) is 0 Å². The first kappa shape index (κ1) is 32.5. The van der Waals surface area contributed by atoms with Crippen LogP contribution in [0.1, 0.15) is 41.4 Å². The molecule has 4 rings (SSSR count). The zero-order chi connectivity index (χ0) is 26.8. The van der Waals surface area contributed by atoms with Crippen molar-refractivity contribution in [3.8, 4) is 0 Å². The van der Waals surface area contributed by atoms with Crippen LogP contribution in [-0.4, -0.2) is 44.3 Å². The number of carboxylic acid groups (broad SMARTS) is 4. The topological polar surface area (TPSA) is 149 Å². The van der Waals surface area contributed by atoms with E-state index in [0.717, 1.165) is 0 Å². The Morgan fingerprint density at radius 3 is 0.541 bits per heavy atom. The van der Waals surface area contributed by atoms with E-state index in [1.54, 1.807) is 121 Å². The zero-order valence-electron chi connectivity index (χ0n) is 19.5. The molecule has 0 radical (unpaired) electrons. The van der Waals surface area contributed by atoms with Crippen molar-refractivity contribution in [1.82, 2.24) is 0 Å². The molecule has 188 valence electrons. The van der Waals surface area contributed by atoms with E-state index in [9.17, 15) is 19.2 Å². The Bertz CT molecular complexity index is 1020. The minimum absolute atomic E-state index is 0. The van der Waals surface area contributed by atoms with E-state index in [1.807, 2.05) is 0 Å². The molecule has 4 N–H and O–H groups in total. The van der Waals surface area contributed by atoms with Gasteiger partial charge in [0.15, 0.2) is 0 Å². The summed E-state index contributed by atoms with van der Waals surface area (Å²) in [5.41, 5.74) is 1.32. The Morgan fingerprint density at radius 1 is 0.324 bits per heavy atom. The van der Waals surface area contributed by atoms with Gasteiger partial charge in [0.25, 0.3) is 0 Å². The minimum atomic E-state index is -0.879. The summed E-state index contributed by atoms with van der Waals surface area (Å²) in [6, 6.07) is 33.2. The third-order valence-corrected chi connectivity index (χ3v) is 4.08. The molecule has 0 aliphatic rings. The molecule has 0 saturated carbocycles. The summed E-state index contributed by atoms with van der Waals surface area (Å²) >= 11 is 0. The van der Waals surface area contributed by atoms with Gasteiger partial charge >= 0.3 is 23.9 Å². The SMILES string of the molecule is O=C(O)c1ccccc1.O=C(O)c1ccccc1.O=C(O)c1ccccc1.O=C(O)c1ccccc1.[Ti]. The van der Waals surface area contributed by atoms with Gasteiger partial charge in [0.1, 0.15) is 0 Å². The van der Waals surface area contributed by atoms with Crippen molar-refractivity contribution in [3.05, 3.63) is 144 Å². The van der Waals surface area contributed by atoms with Crippen LogP contribution < -0.4 is 0 Å². The van der Waals surface area contributed by atoms with Crippen LogP contribution in [0.15, 0.2) is 121 Å². The number of hydrogen-bond acceptors (Lipinski definition) is 4. The van der Waals surface area contributed by atoms with Gasteiger partial charge in [-0.05, 0) is 48.5 Å². The smallest absolute Gasteiger partial charge is 0.335 e. The van der Waals surface area contributed by atoms with Crippen molar-refractivity contribution in [2.45, 2.75) is 0 Å². The number of hydrogen-bond donors (Lipinski definition) is 4. The zero-order valence-corrected chi connectivity index (χ0v) is 21.0. The summed E-state index contributed by atoms with van der Waals surface area (Å²) in [6.07, 6.45) is 0. The van der Waals surface area contributed by atoms with Crippen LogP contribution in [0.5, 0.6) is 0 Å². The first-order valence-electron chi connectivity index (χ1n) is 10.4. The first-order valence-corrected chi connectivity index (χ1v) is 10.4. The van der Waals surface area contributed by atoms with Crippen LogP contribution in [0, 0.1) is 0 Å². The van der Waals surface area contributed by atoms with Gasteiger partial charge in [-0.3, -0.25) is 0 Å². The van der Waals surface area contributed by atoms with Crippen molar-refractivity contribution in [3.63, 3.8) is 0 Å². The number of aromatic carboxylic acids is 4. The molecule has 0 heterocycles. The van der Waals surface area contributed by atoms with E-state index in [1.165, 1.54) is 0 Å². The molecular weight excluding hydrogens is 512 g/mol. The fraction of sp³-hybridized carbons (Fsp3) is 0. The Labute approximate surface area is 228 Å². The van der Waals surface area contributed by atoms with Gasteiger partial charge in [0.05, 0.1) is 22.3 Å². The second-order valence-electron chi connectivity index (χ2n) is 6.68. The number of carboxylic acids is 4. The van der Waals surface area contributed by atoms with E-state index in [0.29, 0.717) is 22.3 Å². The van der Waals surface area contributed by atoms with Gasteiger partial charge in [-0.2, -0.15) is 0 Å².